The van der Waals surface area contributed by atoms with Gasteiger partial charge in [0, 0.05) is 13.7 Å². The normalized spacial score (nSPS) is 11.7. The highest BCUT2D eigenvalue weighted by molar-refractivity contribution is 4.46. The molecule has 0 aromatic rings. The van der Waals surface area contributed by atoms with Crippen LogP contribution in [0.2, 0.25) is 0 Å². The molecule has 0 radical (unpaired) electrons. The van der Waals surface area contributed by atoms with Gasteiger partial charge in [0.05, 0.1) is 39.5 Å². The fourth-order valence-electron chi connectivity index (χ4n) is 1.88. The summed E-state index contributed by atoms with van der Waals surface area (Å²) in [4.78, 5) is 2.25. The van der Waals surface area contributed by atoms with E-state index in [1.165, 1.54) is 19.6 Å². The summed E-state index contributed by atoms with van der Waals surface area (Å²) in [5, 5.41) is 0. The highest BCUT2D eigenvalue weighted by Crippen LogP contribution is 2.06. The average Bonchev–Trinajstić information content (AvgIpc) is 2.33. The van der Waals surface area contributed by atoms with Crippen LogP contribution in [-0.2, 0) is 9.47 Å². The minimum atomic E-state index is 0. The van der Waals surface area contributed by atoms with Gasteiger partial charge in [-0.15, -0.1) is 0 Å². The maximum absolute atomic E-state index is 5.59. The first-order valence-corrected chi connectivity index (χ1v) is 6.66. The third-order valence-electron chi connectivity index (χ3n) is 3.50. The summed E-state index contributed by atoms with van der Waals surface area (Å²) in [6.07, 6.45) is 0. The van der Waals surface area contributed by atoms with Gasteiger partial charge in [-0.25, -0.2) is 0 Å². The number of likely N-dealkylation sites (N-methyl/N-ethyl adjacent to an activating group) is 2. The van der Waals surface area contributed by atoms with E-state index in [2.05, 4.69) is 32.8 Å². The smallest absolute Gasteiger partial charge is 0.102 e. The van der Waals surface area contributed by atoms with Crippen molar-refractivity contribution in [1.82, 2.24) is 4.90 Å². The largest absolute Gasteiger partial charge is 1.00 e. The van der Waals surface area contributed by atoms with E-state index in [0.29, 0.717) is 13.2 Å². The van der Waals surface area contributed by atoms with E-state index in [1.54, 1.807) is 7.11 Å². The molecule has 0 saturated heterocycles. The van der Waals surface area contributed by atoms with Gasteiger partial charge in [0.2, 0.25) is 0 Å². The molecule has 0 bridgehead atoms. The SMILES string of the molecule is CC[N+](CC)(CCOCCOC)CCN(C)C.[Cl-]. The van der Waals surface area contributed by atoms with Crippen LogP contribution < -0.4 is 12.4 Å². The Labute approximate surface area is 119 Å². The molecule has 0 N–H and O–H groups in total. The minimum Gasteiger partial charge on any atom is -1.00 e. The first-order valence-electron chi connectivity index (χ1n) is 6.66. The summed E-state index contributed by atoms with van der Waals surface area (Å²) >= 11 is 0. The first kappa shape index (κ1) is 20.4. The molecule has 0 spiro atoms. The Morgan fingerprint density at radius 3 is 2.00 bits per heavy atom. The topological polar surface area (TPSA) is 21.7 Å². The molecule has 0 rings (SSSR count). The summed E-state index contributed by atoms with van der Waals surface area (Å²) in [6.45, 7) is 12.6. The number of ether oxygens (including phenoxy) is 2. The van der Waals surface area contributed by atoms with Crippen molar-refractivity contribution in [2.75, 3.05) is 73.7 Å². The van der Waals surface area contributed by atoms with Gasteiger partial charge >= 0.3 is 0 Å². The van der Waals surface area contributed by atoms with Crippen molar-refractivity contribution in [2.45, 2.75) is 13.8 Å². The van der Waals surface area contributed by atoms with Crippen LogP contribution in [0.4, 0.5) is 0 Å². The van der Waals surface area contributed by atoms with Gasteiger partial charge in [-0.3, -0.25) is 0 Å². The molecule has 0 heterocycles. The Balaban J connectivity index is 0. The van der Waals surface area contributed by atoms with Gasteiger partial charge in [0.15, 0.2) is 0 Å². The van der Waals surface area contributed by atoms with Crippen molar-refractivity contribution < 1.29 is 26.4 Å². The maximum atomic E-state index is 5.59. The van der Waals surface area contributed by atoms with Crippen molar-refractivity contribution in [2.24, 2.45) is 0 Å². The van der Waals surface area contributed by atoms with Crippen LogP contribution >= 0.6 is 0 Å². The highest BCUT2D eigenvalue weighted by atomic mass is 35.5. The van der Waals surface area contributed by atoms with Crippen LogP contribution in [0.5, 0.6) is 0 Å². The predicted octanol–water partition coefficient (Wildman–Crippen LogP) is -1.93. The zero-order chi connectivity index (χ0) is 13.1. The molecule has 0 aromatic carbocycles. The van der Waals surface area contributed by atoms with Gasteiger partial charge in [-0.2, -0.15) is 0 Å². The van der Waals surface area contributed by atoms with E-state index in [4.69, 9.17) is 9.47 Å². The average molecular weight is 283 g/mol. The van der Waals surface area contributed by atoms with Crippen molar-refractivity contribution in [1.29, 1.82) is 0 Å². The molecule has 0 aromatic heterocycles. The summed E-state index contributed by atoms with van der Waals surface area (Å²) in [7, 11) is 5.98. The van der Waals surface area contributed by atoms with Crippen molar-refractivity contribution in [3.63, 3.8) is 0 Å². The lowest BCUT2D eigenvalue weighted by Gasteiger charge is -2.37. The second kappa shape index (κ2) is 12.2. The van der Waals surface area contributed by atoms with Gasteiger partial charge in [0.25, 0.3) is 0 Å². The zero-order valence-electron chi connectivity index (χ0n) is 12.7. The van der Waals surface area contributed by atoms with Crippen molar-refractivity contribution >= 4 is 0 Å². The summed E-state index contributed by atoms with van der Waals surface area (Å²) in [5.41, 5.74) is 0. The predicted molar refractivity (Wildman–Crippen MR) is 72.3 cm³/mol. The second-order valence-electron chi connectivity index (χ2n) is 4.83. The Kier molecular flexibility index (Phi) is 13.8. The molecule has 0 aliphatic heterocycles. The highest BCUT2D eigenvalue weighted by Gasteiger charge is 2.22. The van der Waals surface area contributed by atoms with Crippen LogP contribution in [-0.4, -0.2) is 83.1 Å². The maximum Gasteiger partial charge on any atom is 0.102 e. The second-order valence-corrected chi connectivity index (χ2v) is 4.83. The number of nitrogens with zero attached hydrogens (tertiary/aromatic N) is 2. The molecule has 0 unspecified atom stereocenters. The Bertz CT molecular complexity index is 176. The molecular weight excluding hydrogens is 252 g/mol. The molecule has 0 atom stereocenters. The molecular formula is C13H31ClN2O2. The molecule has 0 aliphatic rings. The van der Waals surface area contributed by atoms with E-state index in [0.717, 1.165) is 24.2 Å². The number of halogens is 1. The lowest BCUT2D eigenvalue weighted by molar-refractivity contribution is -0.924. The van der Waals surface area contributed by atoms with E-state index in [1.807, 2.05) is 0 Å². The minimum absolute atomic E-state index is 0. The van der Waals surface area contributed by atoms with E-state index >= 15 is 0 Å². The van der Waals surface area contributed by atoms with Gasteiger partial charge in [-0.1, -0.05) is 0 Å². The summed E-state index contributed by atoms with van der Waals surface area (Å²) in [6, 6.07) is 0. The number of rotatable bonds is 11. The number of hydrogen-bond acceptors (Lipinski definition) is 3. The van der Waals surface area contributed by atoms with Crippen LogP contribution in [0, 0.1) is 0 Å². The standard InChI is InChI=1S/C13H31N2O2.ClH/c1-6-15(7-2,9-8-14(3)4)10-11-17-13-12-16-5;/h6-13H2,1-5H3;1H/q+1;/p-1. The third-order valence-corrected chi connectivity index (χ3v) is 3.50. The quantitative estimate of drug-likeness (QED) is 0.326. The zero-order valence-corrected chi connectivity index (χ0v) is 13.5. The number of methoxy groups -OCH3 is 1. The molecule has 0 saturated carbocycles. The van der Waals surface area contributed by atoms with E-state index in [9.17, 15) is 0 Å². The fraction of sp³-hybridized carbons (Fsp3) is 1.00. The van der Waals surface area contributed by atoms with Crippen LogP contribution in [0.1, 0.15) is 13.8 Å². The van der Waals surface area contributed by atoms with Crippen molar-refractivity contribution in [3.8, 4) is 0 Å². The fourth-order valence-corrected chi connectivity index (χ4v) is 1.88. The summed E-state index contributed by atoms with van der Waals surface area (Å²) < 4.78 is 11.7. The molecule has 4 nitrogen and oxygen atoms in total. The van der Waals surface area contributed by atoms with E-state index in [-0.39, 0.29) is 12.4 Å². The Hall–Kier alpha value is 0.130. The molecule has 0 amide bonds. The van der Waals surface area contributed by atoms with Crippen LogP contribution in [0.15, 0.2) is 0 Å². The number of quaternary nitrogens is 1. The van der Waals surface area contributed by atoms with Crippen LogP contribution in [0.3, 0.4) is 0 Å². The first-order chi connectivity index (χ1) is 8.10. The Morgan fingerprint density at radius 1 is 0.944 bits per heavy atom. The lowest BCUT2D eigenvalue weighted by atomic mass is 10.3. The van der Waals surface area contributed by atoms with Crippen molar-refractivity contribution in [3.05, 3.63) is 0 Å². The Morgan fingerprint density at radius 2 is 1.56 bits per heavy atom. The molecule has 0 aliphatic carbocycles. The van der Waals surface area contributed by atoms with Crippen LogP contribution in [0.25, 0.3) is 0 Å². The summed E-state index contributed by atoms with van der Waals surface area (Å²) in [5.74, 6) is 0. The monoisotopic (exact) mass is 282 g/mol. The third kappa shape index (κ3) is 9.11. The van der Waals surface area contributed by atoms with E-state index < -0.39 is 0 Å². The molecule has 18 heavy (non-hydrogen) atoms. The van der Waals surface area contributed by atoms with Gasteiger partial charge in [-0.05, 0) is 27.9 Å². The molecule has 0 fully saturated rings. The lowest BCUT2D eigenvalue weighted by Crippen LogP contribution is -3.00. The molecule has 112 valence electrons. The molecule has 5 heteroatoms. The van der Waals surface area contributed by atoms with Gasteiger partial charge < -0.3 is 31.3 Å². The van der Waals surface area contributed by atoms with Gasteiger partial charge in [0.1, 0.15) is 6.54 Å². The number of hydrogen-bond donors (Lipinski definition) is 0.